The molecule has 0 bridgehead atoms. The van der Waals surface area contributed by atoms with Crippen LogP contribution in [0.2, 0.25) is 0 Å². The molecule has 0 radical (unpaired) electrons. The third-order valence-corrected chi connectivity index (χ3v) is 7.27. The lowest BCUT2D eigenvalue weighted by atomic mass is 9.84. The Kier molecular flexibility index (Phi) is 9.70. The number of nitrogens with two attached hydrogens (primary N) is 2. The summed E-state index contributed by atoms with van der Waals surface area (Å²) in [7, 11) is 0. The Labute approximate surface area is 252 Å². The van der Waals surface area contributed by atoms with Gasteiger partial charge in [-0.15, -0.1) is 0 Å². The van der Waals surface area contributed by atoms with Gasteiger partial charge in [-0.05, 0) is 87.7 Å². The van der Waals surface area contributed by atoms with Crippen LogP contribution in [0.4, 0.5) is 27.6 Å². The number of nitrogen functional groups attached to an aromatic ring is 1. The molecule has 2 atom stereocenters. The van der Waals surface area contributed by atoms with Crippen molar-refractivity contribution >= 4 is 18.2 Å². The number of pyridine rings is 1. The van der Waals surface area contributed by atoms with Crippen molar-refractivity contribution < 1.29 is 36.2 Å². The van der Waals surface area contributed by atoms with E-state index in [4.69, 9.17) is 20.9 Å². The molecule has 44 heavy (non-hydrogen) atoms. The van der Waals surface area contributed by atoms with Gasteiger partial charge in [0.1, 0.15) is 42.2 Å². The van der Waals surface area contributed by atoms with Gasteiger partial charge in [-0.1, -0.05) is 0 Å². The maximum absolute atomic E-state index is 13.7. The molecule has 2 unspecified atom stereocenters. The number of allylic oxidation sites excluding steroid dienone is 1. The van der Waals surface area contributed by atoms with Gasteiger partial charge in [0.15, 0.2) is 0 Å². The SMILES string of the molecule is C/C(N)=C/c1cc(C)cc(OC2CC2)c1N.CC1(CF)COc2c1cc(C(CNC=O)C(F)(F)F)nc2-c1ccc(F)cc1. The first-order valence-electron chi connectivity index (χ1n) is 14.0. The highest BCUT2D eigenvalue weighted by atomic mass is 19.4. The van der Waals surface area contributed by atoms with E-state index in [1.807, 2.05) is 37.4 Å². The number of alkyl halides is 4. The molecule has 5 rings (SSSR count). The number of nitrogens with zero attached hydrogens (tertiary/aromatic N) is 1. The van der Waals surface area contributed by atoms with Gasteiger partial charge in [-0.2, -0.15) is 13.2 Å². The van der Waals surface area contributed by atoms with Crippen LogP contribution in [0.25, 0.3) is 17.3 Å². The fourth-order valence-corrected chi connectivity index (χ4v) is 4.72. The summed E-state index contributed by atoms with van der Waals surface area (Å²) in [6.45, 7) is 3.82. The number of ether oxygens (including phenoxy) is 2. The number of anilines is 1. The van der Waals surface area contributed by atoms with Crippen LogP contribution in [0, 0.1) is 12.7 Å². The average molecular weight is 619 g/mol. The molecule has 2 aliphatic rings. The van der Waals surface area contributed by atoms with Crippen LogP contribution < -0.4 is 26.3 Å². The Morgan fingerprint density at radius 3 is 2.48 bits per heavy atom. The lowest BCUT2D eigenvalue weighted by Gasteiger charge is -2.23. The van der Waals surface area contributed by atoms with E-state index in [9.17, 15) is 26.7 Å². The zero-order valence-corrected chi connectivity index (χ0v) is 24.6. The maximum atomic E-state index is 13.7. The molecule has 1 aliphatic carbocycles. The zero-order valence-electron chi connectivity index (χ0n) is 24.6. The normalized spacial score (nSPS) is 18.4. The first kappa shape index (κ1) is 32.6. The van der Waals surface area contributed by atoms with E-state index in [1.165, 1.54) is 18.2 Å². The highest BCUT2D eigenvalue weighted by Gasteiger charge is 2.45. The standard InChI is InChI=1S/C19H17F5N2O2.C13H18N2O/c1-18(8-20)9-28-17-13(18)6-15(14(7-25-10-27)19(22,23)24)26-16(17)11-2-4-12(21)5-3-11;1-8-5-10(7-9(2)14)13(15)12(6-8)16-11-3-4-11/h2-6,10,14H,7-9H2,1H3,(H,25,27);5-7,11H,3-4,14-15H2,1-2H3/b;9-7-. The molecule has 1 saturated carbocycles. The van der Waals surface area contributed by atoms with Crippen LogP contribution in [-0.2, 0) is 10.2 Å². The van der Waals surface area contributed by atoms with E-state index in [1.54, 1.807) is 6.92 Å². The van der Waals surface area contributed by atoms with Gasteiger partial charge in [0.2, 0.25) is 6.41 Å². The molecule has 7 nitrogen and oxygen atoms in total. The molecule has 12 heteroatoms. The van der Waals surface area contributed by atoms with Crippen LogP contribution >= 0.6 is 0 Å². The monoisotopic (exact) mass is 618 g/mol. The fraction of sp³-hybridized carbons (Fsp3) is 0.375. The molecule has 3 aromatic rings. The number of rotatable bonds is 9. The van der Waals surface area contributed by atoms with Crippen LogP contribution in [-0.4, -0.2) is 43.5 Å². The third-order valence-electron chi connectivity index (χ3n) is 7.27. The van der Waals surface area contributed by atoms with Gasteiger partial charge < -0.3 is 26.3 Å². The summed E-state index contributed by atoms with van der Waals surface area (Å²) < 4.78 is 79.1. The summed E-state index contributed by atoms with van der Waals surface area (Å²) in [5, 5.41) is 2.03. The largest absolute Gasteiger partial charge is 0.490 e. The number of hydrogen-bond donors (Lipinski definition) is 3. The van der Waals surface area contributed by atoms with Crippen LogP contribution in [0.1, 0.15) is 55.0 Å². The number of hydrogen-bond acceptors (Lipinski definition) is 6. The maximum Gasteiger partial charge on any atom is 0.398 e. The van der Waals surface area contributed by atoms with E-state index in [0.717, 1.165) is 47.5 Å². The van der Waals surface area contributed by atoms with Gasteiger partial charge in [0.05, 0.1) is 22.9 Å². The van der Waals surface area contributed by atoms with Crippen LogP contribution in [0.5, 0.6) is 11.5 Å². The van der Waals surface area contributed by atoms with Crippen molar-refractivity contribution in [1.29, 1.82) is 0 Å². The summed E-state index contributed by atoms with van der Waals surface area (Å²) in [6, 6.07) is 10.2. The Bertz CT molecular complexity index is 1520. The minimum Gasteiger partial charge on any atom is -0.490 e. The molecule has 0 spiro atoms. The average Bonchev–Trinajstić information content (AvgIpc) is 3.72. The molecule has 2 heterocycles. The summed E-state index contributed by atoms with van der Waals surface area (Å²) in [5.74, 6) is -1.64. The predicted octanol–water partition coefficient (Wildman–Crippen LogP) is 6.34. The molecule has 1 amide bonds. The van der Waals surface area contributed by atoms with Gasteiger partial charge in [0, 0.05) is 28.9 Å². The summed E-state index contributed by atoms with van der Waals surface area (Å²) in [6.07, 6.45) is -0.0182. The molecule has 236 valence electrons. The fourth-order valence-electron chi connectivity index (χ4n) is 4.72. The predicted molar refractivity (Wildman–Crippen MR) is 158 cm³/mol. The van der Waals surface area contributed by atoms with Gasteiger partial charge in [-0.3, -0.25) is 4.79 Å². The molecule has 1 fully saturated rings. The molecular formula is C32H35F5N4O3. The number of amides is 1. The lowest BCUT2D eigenvalue weighted by Crippen LogP contribution is -2.32. The highest BCUT2D eigenvalue weighted by Crippen LogP contribution is 2.46. The van der Waals surface area contributed by atoms with Crippen molar-refractivity contribution in [2.45, 2.75) is 57.2 Å². The second kappa shape index (κ2) is 13.1. The van der Waals surface area contributed by atoms with Crippen molar-refractivity contribution in [3.8, 4) is 22.8 Å². The quantitative estimate of drug-likeness (QED) is 0.147. The van der Waals surface area contributed by atoms with E-state index in [-0.39, 0.29) is 35.7 Å². The number of fused-ring (bicyclic) bond motifs is 1. The minimum atomic E-state index is -4.69. The van der Waals surface area contributed by atoms with Crippen molar-refractivity contribution in [3.05, 3.63) is 76.4 Å². The summed E-state index contributed by atoms with van der Waals surface area (Å²) >= 11 is 0. The number of aryl methyl sites for hydroxylation is 1. The zero-order chi connectivity index (χ0) is 32.2. The van der Waals surface area contributed by atoms with Crippen molar-refractivity contribution in [2.24, 2.45) is 5.73 Å². The second-order valence-electron chi connectivity index (χ2n) is 11.4. The van der Waals surface area contributed by atoms with Crippen molar-refractivity contribution in [2.75, 3.05) is 25.6 Å². The molecular weight excluding hydrogens is 583 g/mol. The van der Waals surface area contributed by atoms with Crippen LogP contribution in [0.15, 0.2) is 48.2 Å². The summed E-state index contributed by atoms with van der Waals surface area (Å²) in [5.41, 5.74) is 14.4. The third kappa shape index (κ3) is 7.59. The lowest BCUT2D eigenvalue weighted by molar-refractivity contribution is -0.150. The molecule has 1 aromatic heterocycles. The van der Waals surface area contributed by atoms with E-state index in [2.05, 4.69) is 4.98 Å². The Hall–Kier alpha value is -4.35. The summed E-state index contributed by atoms with van der Waals surface area (Å²) in [4.78, 5) is 14.6. The minimum absolute atomic E-state index is 0.0541. The van der Waals surface area contributed by atoms with Gasteiger partial charge >= 0.3 is 6.18 Å². The van der Waals surface area contributed by atoms with Gasteiger partial charge in [0.25, 0.3) is 0 Å². The number of carbonyl (C=O) groups is 1. The first-order chi connectivity index (χ1) is 20.8. The molecule has 2 aromatic carbocycles. The van der Waals surface area contributed by atoms with Crippen LogP contribution in [0.3, 0.4) is 0 Å². The Morgan fingerprint density at radius 2 is 1.91 bits per heavy atom. The van der Waals surface area contributed by atoms with Crippen molar-refractivity contribution in [1.82, 2.24) is 10.3 Å². The van der Waals surface area contributed by atoms with E-state index >= 15 is 0 Å². The first-order valence-corrected chi connectivity index (χ1v) is 14.0. The number of carbonyl (C=O) groups excluding carboxylic acids is 1. The van der Waals surface area contributed by atoms with E-state index in [0.29, 0.717) is 17.4 Å². The number of aromatic nitrogens is 1. The molecule has 5 N–H and O–H groups in total. The van der Waals surface area contributed by atoms with Crippen molar-refractivity contribution in [3.63, 3.8) is 0 Å². The number of halogens is 5. The number of benzene rings is 2. The Morgan fingerprint density at radius 1 is 1.23 bits per heavy atom. The highest BCUT2D eigenvalue weighted by molar-refractivity contribution is 5.72. The Balaban J connectivity index is 0.000000233. The smallest absolute Gasteiger partial charge is 0.398 e. The second-order valence-corrected chi connectivity index (χ2v) is 11.4. The molecule has 1 aliphatic heterocycles. The van der Waals surface area contributed by atoms with E-state index < -0.39 is 36.5 Å². The topological polar surface area (TPSA) is 112 Å². The molecule has 0 saturated heterocycles. The van der Waals surface area contributed by atoms with Gasteiger partial charge in [-0.25, -0.2) is 13.8 Å². The number of nitrogens with one attached hydrogen (secondary N) is 1.